The zero-order valence-corrected chi connectivity index (χ0v) is 19.6. The van der Waals surface area contributed by atoms with E-state index in [2.05, 4.69) is 4.90 Å². The monoisotopic (exact) mass is 455 g/mol. The van der Waals surface area contributed by atoms with Gasteiger partial charge in [-0.15, -0.1) is 0 Å². The first-order chi connectivity index (χ1) is 16.0. The van der Waals surface area contributed by atoms with E-state index in [0.29, 0.717) is 54.0 Å². The number of allylic oxidation sites excluding steroid dienone is 1. The van der Waals surface area contributed by atoms with Crippen molar-refractivity contribution in [2.24, 2.45) is 0 Å². The van der Waals surface area contributed by atoms with Crippen molar-refractivity contribution in [3.8, 4) is 28.7 Å². The fourth-order valence-corrected chi connectivity index (χ4v) is 4.21. The summed E-state index contributed by atoms with van der Waals surface area (Å²) in [5, 5.41) is 0. The fourth-order valence-electron chi connectivity index (χ4n) is 4.21. The predicted octanol–water partition coefficient (Wildman–Crippen LogP) is 3.83. The molecule has 0 aliphatic carbocycles. The number of benzene rings is 2. The van der Waals surface area contributed by atoms with Crippen LogP contribution in [0.2, 0.25) is 0 Å². The summed E-state index contributed by atoms with van der Waals surface area (Å²) in [6.07, 6.45) is 2.60. The van der Waals surface area contributed by atoms with E-state index in [-0.39, 0.29) is 11.5 Å². The third kappa shape index (κ3) is 4.36. The first kappa shape index (κ1) is 22.9. The van der Waals surface area contributed by atoms with Gasteiger partial charge in [-0.25, -0.2) is 0 Å². The van der Waals surface area contributed by atoms with Gasteiger partial charge in [0.25, 0.3) is 0 Å². The second kappa shape index (κ2) is 9.72. The number of fused-ring (bicyclic) bond motifs is 2. The third-order valence-electron chi connectivity index (χ3n) is 5.81. The van der Waals surface area contributed by atoms with Gasteiger partial charge in [-0.3, -0.25) is 9.69 Å². The number of carbonyl (C=O) groups is 1. The highest BCUT2D eigenvalue weighted by atomic mass is 16.5. The summed E-state index contributed by atoms with van der Waals surface area (Å²) in [7, 11) is 6.34. The van der Waals surface area contributed by atoms with E-state index in [9.17, 15) is 4.79 Å². The van der Waals surface area contributed by atoms with Gasteiger partial charge in [-0.05, 0) is 43.2 Å². The van der Waals surface area contributed by atoms with Gasteiger partial charge < -0.3 is 28.4 Å². The summed E-state index contributed by atoms with van der Waals surface area (Å²) in [4.78, 5) is 15.4. The number of ketones is 1. The normalized spacial score (nSPS) is 16.2. The van der Waals surface area contributed by atoms with Gasteiger partial charge in [0.1, 0.15) is 18.2 Å². The van der Waals surface area contributed by atoms with Gasteiger partial charge in [0.2, 0.25) is 11.5 Å². The van der Waals surface area contributed by atoms with Crippen molar-refractivity contribution < 1.29 is 33.2 Å². The molecular formula is C25H29NO7. The van der Waals surface area contributed by atoms with Crippen molar-refractivity contribution in [3.05, 3.63) is 46.2 Å². The van der Waals surface area contributed by atoms with Crippen LogP contribution in [-0.4, -0.2) is 59.0 Å². The molecule has 0 fully saturated rings. The van der Waals surface area contributed by atoms with Crippen LogP contribution in [0.25, 0.3) is 6.08 Å². The van der Waals surface area contributed by atoms with Crippen LogP contribution < -0.4 is 23.7 Å². The average molecular weight is 456 g/mol. The molecule has 0 unspecified atom stereocenters. The Morgan fingerprint density at radius 2 is 1.76 bits per heavy atom. The molecule has 2 aromatic carbocycles. The van der Waals surface area contributed by atoms with Crippen molar-refractivity contribution in [2.75, 3.05) is 48.3 Å². The summed E-state index contributed by atoms with van der Waals surface area (Å²) in [6.45, 7) is 4.70. The van der Waals surface area contributed by atoms with E-state index in [1.165, 1.54) is 0 Å². The average Bonchev–Trinajstić information content (AvgIpc) is 3.14. The van der Waals surface area contributed by atoms with Crippen LogP contribution in [0.4, 0.5) is 0 Å². The third-order valence-corrected chi connectivity index (χ3v) is 5.81. The molecule has 0 saturated heterocycles. The minimum absolute atomic E-state index is 0.166. The maximum absolute atomic E-state index is 13.2. The summed E-state index contributed by atoms with van der Waals surface area (Å²) in [5.74, 6) is 2.90. The van der Waals surface area contributed by atoms with Crippen molar-refractivity contribution in [1.29, 1.82) is 0 Å². The van der Waals surface area contributed by atoms with Crippen molar-refractivity contribution >= 4 is 11.9 Å². The molecule has 0 spiro atoms. The SMILES string of the molecule is COCCCN1COc2c(cc3c(c2C)O/C(=C\c2cc(OC)c(OC)c(OC)c2)C3=O)C1. The Morgan fingerprint density at radius 1 is 1.03 bits per heavy atom. The molecule has 0 saturated carbocycles. The van der Waals surface area contributed by atoms with Crippen LogP contribution in [0.3, 0.4) is 0 Å². The molecule has 0 atom stereocenters. The molecule has 4 rings (SSSR count). The number of rotatable bonds is 8. The van der Waals surface area contributed by atoms with Crippen LogP contribution in [0.1, 0.15) is 33.5 Å². The standard InChI is InChI=1S/C25H29NO7/c1-15-23-17(13-26(14-32-23)7-6-8-28-2)12-18-22(27)19(33-24(15)18)9-16-10-20(29-3)25(31-5)21(11-16)30-4/h9-12H,6-8,13-14H2,1-5H3/b19-9-. The second-order valence-electron chi connectivity index (χ2n) is 7.94. The molecule has 2 heterocycles. The van der Waals surface area contributed by atoms with Gasteiger partial charge in [0.15, 0.2) is 17.3 Å². The minimum atomic E-state index is -0.166. The lowest BCUT2D eigenvalue weighted by Crippen LogP contribution is -2.33. The molecule has 0 bridgehead atoms. The number of hydrogen-bond acceptors (Lipinski definition) is 8. The largest absolute Gasteiger partial charge is 0.493 e. The Labute approximate surface area is 193 Å². The maximum atomic E-state index is 13.2. The van der Waals surface area contributed by atoms with Gasteiger partial charge in [-0.1, -0.05) is 0 Å². The molecule has 0 N–H and O–H groups in total. The lowest BCUT2D eigenvalue weighted by Gasteiger charge is -2.30. The molecule has 2 aromatic rings. The van der Waals surface area contributed by atoms with Gasteiger partial charge in [0, 0.05) is 37.9 Å². The highest BCUT2D eigenvalue weighted by Gasteiger charge is 2.33. The van der Waals surface area contributed by atoms with E-state index in [0.717, 1.165) is 29.8 Å². The number of ether oxygens (including phenoxy) is 6. The van der Waals surface area contributed by atoms with Crippen molar-refractivity contribution in [2.45, 2.75) is 19.9 Å². The van der Waals surface area contributed by atoms with Gasteiger partial charge >= 0.3 is 0 Å². The lowest BCUT2D eigenvalue weighted by molar-refractivity contribution is 0.0826. The molecule has 0 amide bonds. The first-order valence-corrected chi connectivity index (χ1v) is 10.8. The Kier molecular flexibility index (Phi) is 6.76. The second-order valence-corrected chi connectivity index (χ2v) is 7.94. The Balaban J connectivity index is 1.63. The van der Waals surface area contributed by atoms with Gasteiger partial charge in [-0.2, -0.15) is 0 Å². The van der Waals surface area contributed by atoms with E-state index >= 15 is 0 Å². The zero-order chi connectivity index (χ0) is 23.5. The molecule has 0 radical (unpaired) electrons. The van der Waals surface area contributed by atoms with E-state index < -0.39 is 0 Å². The highest BCUT2D eigenvalue weighted by molar-refractivity contribution is 6.15. The lowest BCUT2D eigenvalue weighted by atomic mass is 10.00. The van der Waals surface area contributed by atoms with Crippen LogP contribution >= 0.6 is 0 Å². The summed E-state index contributed by atoms with van der Waals surface area (Å²) >= 11 is 0. The van der Waals surface area contributed by atoms with Crippen LogP contribution in [0, 0.1) is 6.92 Å². The molecule has 8 nitrogen and oxygen atoms in total. The molecule has 8 heteroatoms. The number of carbonyl (C=O) groups excluding carboxylic acids is 1. The molecule has 176 valence electrons. The van der Waals surface area contributed by atoms with Crippen molar-refractivity contribution in [3.63, 3.8) is 0 Å². The Hall–Kier alpha value is -3.23. The number of hydrogen-bond donors (Lipinski definition) is 0. The van der Waals surface area contributed by atoms with Crippen LogP contribution in [0.15, 0.2) is 24.0 Å². The smallest absolute Gasteiger partial charge is 0.231 e. The molecule has 0 aromatic heterocycles. The minimum Gasteiger partial charge on any atom is -0.493 e. The number of Topliss-reactive ketones (excluding diaryl/α,β-unsaturated/α-hetero) is 1. The Bertz CT molecular complexity index is 1070. The zero-order valence-electron chi connectivity index (χ0n) is 19.6. The number of nitrogens with zero attached hydrogens (tertiary/aromatic N) is 1. The van der Waals surface area contributed by atoms with E-state index in [1.807, 2.05) is 13.0 Å². The topological polar surface area (TPSA) is 75.7 Å². The Morgan fingerprint density at radius 3 is 2.39 bits per heavy atom. The number of methoxy groups -OCH3 is 4. The van der Waals surface area contributed by atoms with Crippen LogP contribution in [0.5, 0.6) is 28.7 Å². The molecule has 2 aliphatic rings. The molecular weight excluding hydrogens is 426 g/mol. The fraction of sp³-hybridized carbons (Fsp3) is 0.400. The first-order valence-electron chi connectivity index (χ1n) is 10.8. The molecule has 33 heavy (non-hydrogen) atoms. The summed E-state index contributed by atoms with van der Waals surface area (Å²) < 4.78 is 33.4. The van der Waals surface area contributed by atoms with Crippen molar-refractivity contribution in [1.82, 2.24) is 4.90 Å². The molecule has 2 aliphatic heterocycles. The summed E-state index contributed by atoms with van der Waals surface area (Å²) in [6, 6.07) is 5.43. The van der Waals surface area contributed by atoms with Gasteiger partial charge in [0.05, 0.1) is 26.9 Å². The van der Waals surface area contributed by atoms with Crippen LogP contribution in [-0.2, 0) is 11.3 Å². The quantitative estimate of drug-likeness (QED) is 0.439. The maximum Gasteiger partial charge on any atom is 0.231 e. The highest BCUT2D eigenvalue weighted by Crippen LogP contribution is 2.44. The predicted molar refractivity (Wildman–Crippen MR) is 123 cm³/mol. The summed E-state index contributed by atoms with van der Waals surface area (Å²) in [5.41, 5.74) is 3.07. The van der Waals surface area contributed by atoms with E-state index in [1.54, 1.807) is 46.6 Å². The van der Waals surface area contributed by atoms with E-state index in [4.69, 9.17) is 28.4 Å².